The van der Waals surface area contributed by atoms with Gasteiger partial charge in [0.1, 0.15) is 5.69 Å². The van der Waals surface area contributed by atoms with Crippen molar-refractivity contribution >= 4 is 21.5 Å². The van der Waals surface area contributed by atoms with Crippen LogP contribution in [0, 0.1) is 6.92 Å². The number of nitrogens with zero attached hydrogens (tertiary/aromatic N) is 2. The zero-order valence-electron chi connectivity index (χ0n) is 17.2. The molecule has 0 saturated heterocycles. The minimum Gasteiger partial charge on any atom is -0.197 e. The predicted molar refractivity (Wildman–Crippen MR) is 125 cm³/mol. The van der Waals surface area contributed by atoms with Gasteiger partial charge in [-0.15, -0.1) is 0 Å². The molecule has 5 aromatic rings. The van der Waals surface area contributed by atoms with E-state index in [1.54, 1.807) is 17.3 Å². The second-order valence-electron chi connectivity index (χ2n) is 7.96. The standard InChI is InChI=1S/C18H16.C9H9N3/c1-3-7-15-13(5-1)9-11-18-16-8-4-2-6-14(16)10-12-17(15)18;1-7-4-2-3-5-8(7)9-6-10-12-11-9/h1,3,5,7,9-12H,2,4,6,8H2;2-6H,1H3,(H,10,11,12). The molecule has 0 bridgehead atoms. The van der Waals surface area contributed by atoms with Crippen LogP contribution >= 0.6 is 0 Å². The Morgan fingerprint density at radius 1 is 0.733 bits per heavy atom. The highest BCUT2D eigenvalue weighted by Crippen LogP contribution is 2.33. The van der Waals surface area contributed by atoms with Crippen LogP contribution in [0.4, 0.5) is 0 Å². The van der Waals surface area contributed by atoms with Crippen LogP contribution in [0.15, 0.2) is 79.0 Å². The number of benzene rings is 4. The van der Waals surface area contributed by atoms with E-state index in [2.05, 4.69) is 76.9 Å². The van der Waals surface area contributed by atoms with E-state index < -0.39 is 0 Å². The van der Waals surface area contributed by atoms with Crippen LogP contribution in [-0.2, 0) is 12.8 Å². The van der Waals surface area contributed by atoms with E-state index in [0.717, 1.165) is 11.3 Å². The Morgan fingerprint density at radius 2 is 1.53 bits per heavy atom. The van der Waals surface area contributed by atoms with E-state index in [0.29, 0.717) is 0 Å². The molecule has 0 aliphatic heterocycles. The van der Waals surface area contributed by atoms with Crippen molar-refractivity contribution in [3.8, 4) is 11.3 Å². The Hall–Kier alpha value is -3.46. The topological polar surface area (TPSA) is 41.6 Å². The molecule has 30 heavy (non-hydrogen) atoms. The maximum Gasteiger partial charge on any atom is 0.113 e. The summed E-state index contributed by atoms with van der Waals surface area (Å²) in [6, 6.07) is 26.1. The second-order valence-corrected chi connectivity index (χ2v) is 7.96. The number of hydrogen-bond acceptors (Lipinski definition) is 2. The molecule has 1 aliphatic carbocycles. The number of nitrogens with one attached hydrogen (secondary N) is 1. The lowest BCUT2D eigenvalue weighted by molar-refractivity contribution is 0.690. The van der Waals surface area contributed by atoms with Crippen molar-refractivity contribution in [1.29, 1.82) is 0 Å². The predicted octanol–water partition coefficient (Wildman–Crippen LogP) is 6.65. The van der Waals surface area contributed by atoms with Crippen LogP contribution in [-0.4, -0.2) is 15.4 Å². The van der Waals surface area contributed by atoms with Gasteiger partial charge < -0.3 is 0 Å². The molecule has 3 nitrogen and oxygen atoms in total. The van der Waals surface area contributed by atoms with Gasteiger partial charge in [0.2, 0.25) is 0 Å². The molecular formula is C27H25N3. The fraction of sp³-hybridized carbons (Fsp3) is 0.185. The van der Waals surface area contributed by atoms with Gasteiger partial charge in [-0.05, 0) is 70.8 Å². The van der Waals surface area contributed by atoms with Gasteiger partial charge in [0.05, 0.1) is 6.20 Å². The zero-order valence-corrected chi connectivity index (χ0v) is 17.2. The van der Waals surface area contributed by atoms with Gasteiger partial charge >= 0.3 is 0 Å². The fourth-order valence-electron chi connectivity index (χ4n) is 4.53. The van der Waals surface area contributed by atoms with Gasteiger partial charge in [0, 0.05) is 5.56 Å². The van der Waals surface area contributed by atoms with Gasteiger partial charge in [-0.3, -0.25) is 0 Å². The van der Waals surface area contributed by atoms with E-state index in [4.69, 9.17) is 0 Å². The molecule has 1 N–H and O–H groups in total. The summed E-state index contributed by atoms with van der Waals surface area (Å²) in [5, 5.41) is 16.0. The minimum atomic E-state index is 0.896. The normalized spacial score (nSPS) is 13.0. The van der Waals surface area contributed by atoms with Crippen molar-refractivity contribution in [2.75, 3.05) is 0 Å². The van der Waals surface area contributed by atoms with Gasteiger partial charge in [-0.25, -0.2) is 0 Å². The van der Waals surface area contributed by atoms with Crippen molar-refractivity contribution < 1.29 is 0 Å². The van der Waals surface area contributed by atoms with Crippen molar-refractivity contribution in [2.45, 2.75) is 32.6 Å². The number of rotatable bonds is 1. The molecule has 3 heteroatoms. The molecule has 6 rings (SSSR count). The number of aromatic nitrogens is 3. The highest BCUT2D eigenvalue weighted by Gasteiger charge is 2.13. The highest BCUT2D eigenvalue weighted by molar-refractivity contribution is 6.08. The first-order chi connectivity index (χ1) is 14.8. The van der Waals surface area contributed by atoms with Crippen LogP contribution in [0.2, 0.25) is 0 Å². The SMILES string of the molecule is Cc1ccccc1-c1cn[nH]n1.c1ccc2c(c1)ccc1c3c(ccc12)CCCC3. The summed E-state index contributed by atoms with van der Waals surface area (Å²) < 4.78 is 0. The number of aromatic amines is 1. The average molecular weight is 392 g/mol. The smallest absolute Gasteiger partial charge is 0.113 e. The summed E-state index contributed by atoms with van der Waals surface area (Å²) in [5.74, 6) is 0. The van der Waals surface area contributed by atoms with Gasteiger partial charge in [-0.1, -0.05) is 72.8 Å². The first kappa shape index (κ1) is 18.6. The molecule has 1 heterocycles. The fourth-order valence-corrected chi connectivity index (χ4v) is 4.53. The summed E-state index contributed by atoms with van der Waals surface area (Å²) in [5.41, 5.74) is 6.42. The summed E-state index contributed by atoms with van der Waals surface area (Å²) in [7, 11) is 0. The van der Waals surface area contributed by atoms with Gasteiger partial charge in [-0.2, -0.15) is 15.4 Å². The lowest BCUT2D eigenvalue weighted by atomic mass is 9.86. The maximum absolute atomic E-state index is 4.01. The molecular weight excluding hydrogens is 366 g/mol. The number of aryl methyl sites for hydroxylation is 3. The Bertz CT molecular complexity index is 1300. The van der Waals surface area contributed by atoms with Gasteiger partial charge in [0.15, 0.2) is 0 Å². The number of fused-ring (bicyclic) bond motifs is 5. The van der Waals surface area contributed by atoms with E-state index in [1.807, 2.05) is 18.2 Å². The first-order valence-corrected chi connectivity index (χ1v) is 10.7. The Morgan fingerprint density at radius 3 is 2.40 bits per heavy atom. The zero-order chi connectivity index (χ0) is 20.3. The molecule has 0 spiro atoms. The summed E-state index contributed by atoms with van der Waals surface area (Å²) in [4.78, 5) is 0. The van der Waals surface area contributed by atoms with E-state index in [-0.39, 0.29) is 0 Å². The monoisotopic (exact) mass is 391 g/mol. The quantitative estimate of drug-likeness (QED) is 0.325. The summed E-state index contributed by atoms with van der Waals surface area (Å²) in [6.07, 6.45) is 6.94. The second kappa shape index (κ2) is 8.11. The molecule has 0 atom stereocenters. The third kappa shape index (κ3) is 3.48. The molecule has 0 fully saturated rings. The third-order valence-corrected chi connectivity index (χ3v) is 6.09. The highest BCUT2D eigenvalue weighted by atomic mass is 15.3. The maximum atomic E-state index is 4.01. The van der Waals surface area contributed by atoms with Crippen molar-refractivity contribution in [2.24, 2.45) is 0 Å². The molecule has 0 saturated carbocycles. The third-order valence-electron chi connectivity index (χ3n) is 6.09. The summed E-state index contributed by atoms with van der Waals surface area (Å²) in [6.45, 7) is 2.06. The lowest BCUT2D eigenvalue weighted by Gasteiger charge is -2.18. The lowest BCUT2D eigenvalue weighted by Crippen LogP contribution is -2.02. The average Bonchev–Trinajstić information content (AvgIpc) is 3.34. The van der Waals surface area contributed by atoms with E-state index >= 15 is 0 Å². The molecule has 4 aromatic carbocycles. The van der Waals surface area contributed by atoms with Crippen LogP contribution in [0.5, 0.6) is 0 Å². The number of H-pyrrole nitrogens is 1. The molecule has 1 aromatic heterocycles. The summed E-state index contributed by atoms with van der Waals surface area (Å²) >= 11 is 0. The molecule has 1 aliphatic rings. The Kier molecular flexibility index (Phi) is 5.02. The van der Waals surface area contributed by atoms with Crippen molar-refractivity contribution in [3.63, 3.8) is 0 Å². The molecule has 0 unspecified atom stereocenters. The largest absolute Gasteiger partial charge is 0.197 e. The van der Waals surface area contributed by atoms with Crippen LogP contribution < -0.4 is 0 Å². The Labute approximate surface area is 176 Å². The Balaban J connectivity index is 0.000000140. The van der Waals surface area contributed by atoms with Crippen LogP contribution in [0.25, 0.3) is 32.8 Å². The number of hydrogen-bond donors (Lipinski definition) is 1. The molecule has 0 amide bonds. The van der Waals surface area contributed by atoms with Gasteiger partial charge in [0.25, 0.3) is 0 Å². The first-order valence-electron chi connectivity index (χ1n) is 10.7. The van der Waals surface area contributed by atoms with Crippen LogP contribution in [0.3, 0.4) is 0 Å². The van der Waals surface area contributed by atoms with Crippen molar-refractivity contribution in [1.82, 2.24) is 15.4 Å². The van der Waals surface area contributed by atoms with E-state index in [1.165, 1.54) is 52.8 Å². The molecule has 0 radical (unpaired) electrons. The molecule has 148 valence electrons. The van der Waals surface area contributed by atoms with E-state index in [9.17, 15) is 0 Å². The van der Waals surface area contributed by atoms with Crippen LogP contribution in [0.1, 0.15) is 29.5 Å². The minimum absolute atomic E-state index is 0.896. The van der Waals surface area contributed by atoms with Crippen molar-refractivity contribution in [3.05, 3.63) is 95.7 Å².